The number of hydrazone groups is 1. The van der Waals surface area contributed by atoms with Gasteiger partial charge in [0.15, 0.2) is 0 Å². The number of carbonyl (C=O) groups excluding carboxylic acids is 1. The summed E-state index contributed by atoms with van der Waals surface area (Å²) in [5.41, 5.74) is 7.68. The second-order valence-corrected chi connectivity index (χ2v) is 7.21. The number of nitrogens with one attached hydrogen (secondary N) is 1. The monoisotopic (exact) mass is 424 g/mol. The molecular weight excluding hydrogens is 400 g/mol. The Kier molecular flexibility index (Phi) is 6.41. The molecule has 1 amide bonds. The molecule has 0 spiro atoms. The fourth-order valence-electron chi connectivity index (χ4n) is 3.29. The highest BCUT2D eigenvalue weighted by Gasteiger charge is 2.13. The van der Waals surface area contributed by atoms with Crippen molar-refractivity contribution in [3.63, 3.8) is 0 Å². The van der Waals surface area contributed by atoms with Crippen LogP contribution in [0.25, 0.3) is 16.9 Å². The third-order valence-electron chi connectivity index (χ3n) is 4.89. The molecule has 1 aromatic heterocycles. The molecule has 1 N–H and O–H groups in total. The Bertz CT molecular complexity index is 1230. The van der Waals surface area contributed by atoms with E-state index in [0.717, 1.165) is 22.5 Å². The smallest absolute Gasteiger partial charge is 0.275 e. The third kappa shape index (κ3) is 4.75. The number of hydrogen-bond acceptors (Lipinski definition) is 4. The largest absolute Gasteiger partial charge is 0.493 e. The molecule has 0 bridgehead atoms. The summed E-state index contributed by atoms with van der Waals surface area (Å²) in [6.07, 6.45) is 3.51. The zero-order valence-electron chi connectivity index (χ0n) is 18.0. The van der Waals surface area contributed by atoms with Crippen molar-refractivity contribution in [3.8, 4) is 22.7 Å². The fourth-order valence-corrected chi connectivity index (χ4v) is 3.29. The molecule has 6 nitrogen and oxygen atoms in total. The lowest BCUT2D eigenvalue weighted by Crippen LogP contribution is -2.18. The van der Waals surface area contributed by atoms with Crippen molar-refractivity contribution < 1.29 is 9.53 Å². The van der Waals surface area contributed by atoms with Crippen LogP contribution in [-0.4, -0.2) is 28.5 Å². The number of ether oxygens (including phenoxy) is 1. The highest BCUT2D eigenvalue weighted by molar-refractivity contribution is 5.98. The minimum Gasteiger partial charge on any atom is -0.493 e. The predicted molar refractivity (Wildman–Crippen MR) is 126 cm³/mol. The van der Waals surface area contributed by atoms with Gasteiger partial charge in [0.2, 0.25) is 0 Å². The van der Waals surface area contributed by atoms with Crippen LogP contribution < -0.4 is 10.2 Å². The van der Waals surface area contributed by atoms with Crippen molar-refractivity contribution in [2.24, 2.45) is 5.10 Å². The molecule has 0 radical (unpaired) electrons. The lowest BCUT2D eigenvalue weighted by molar-refractivity contribution is 0.0951. The van der Waals surface area contributed by atoms with Crippen LogP contribution in [0.3, 0.4) is 0 Å². The van der Waals surface area contributed by atoms with Gasteiger partial charge in [-0.2, -0.15) is 10.2 Å². The standard InChI is InChI=1S/C26H24N4O2/c1-3-32-24-12-8-7-11-23(24)26(31)28-27-17-21-18-30(22-9-5-4-6-10-22)29-25(21)20-15-13-19(2)14-16-20/h4-18H,3H2,1-2H3,(H,28,31). The average molecular weight is 425 g/mol. The van der Waals surface area contributed by atoms with Crippen molar-refractivity contribution in [2.45, 2.75) is 13.8 Å². The predicted octanol–water partition coefficient (Wildman–Crippen LogP) is 5.01. The van der Waals surface area contributed by atoms with Gasteiger partial charge in [0, 0.05) is 17.3 Å². The maximum absolute atomic E-state index is 12.6. The van der Waals surface area contributed by atoms with Gasteiger partial charge in [0.25, 0.3) is 5.91 Å². The summed E-state index contributed by atoms with van der Waals surface area (Å²) in [5.74, 6) is 0.192. The van der Waals surface area contributed by atoms with Crippen molar-refractivity contribution in [2.75, 3.05) is 6.61 Å². The van der Waals surface area contributed by atoms with Gasteiger partial charge in [-0.15, -0.1) is 0 Å². The second-order valence-electron chi connectivity index (χ2n) is 7.21. The first-order chi connectivity index (χ1) is 15.7. The van der Waals surface area contributed by atoms with E-state index in [-0.39, 0.29) is 5.91 Å². The third-order valence-corrected chi connectivity index (χ3v) is 4.89. The topological polar surface area (TPSA) is 68.5 Å². The van der Waals surface area contributed by atoms with Gasteiger partial charge in [-0.05, 0) is 38.1 Å². The lowest BCUT2D eigenvalue weighted by Gasteiger charge is -2.08. The number of benzene rings is 3. The van der Waals surface area contributed by atoms with E-state index in [4.69, 9.17) is 9.84 Å². The summed E-state index contributed by atoms with van der Waals surface area (Å²) in [7, 11) is 0. The number of aryl methyl sites for hydroxylation is 1. The molecule has 1 heterocycles. The van der Waals surface area contributed by atoms with Gasteiger partial charge in [0.1, 0.15) is 11.4 Å². The Morgan fingerprint density at radius 3 is 2.50 bits per heavy atom. The Labute approximate surface area is 187 Å². The first kappa shape index (κ1) is 21.1. The first-order valence-corrected chi connectivity index (χ1v) is 10.4. The number of para-hydroxylation sites is 2. The Morgan fingerprint density at radius 2 is 1.75 bits per heavy atom. The van der Waals surface area contributed by atoms with Gasteiger partial charge in [-0.1, -0.05) is 60.2 Å². The van der Waals surface area contributed by atoms with Gasteiger partial charge < -0.3 is 4.74 Å². The zero-order valence-corrected chi connectivity index (χ0v) is 18.0. The number of aromatic nitrogens is 2. The highest BCUT2D eigenvalue weighted by atomic mass is 16.5. The summed E-state index contributed by atoms with van der Waals surface area (Å²) in [5, 5.41) is 8.96. The highest BCUT2D eigenvalue weighted by Crippen LogP contribution is 2.23. The Balaban J connectivity index is 1.62. The molecule has 0 unspecified atom stereocenters. The summed E-state index contributed by atoms with van der Waals surface area (Å²) in [6.45, 7) is 4.40. The molecule has 4 aromatic rings. The quantitative estimate of drug-likeness (QED) is 0.335. The number of amides is 1. The Morgan fingerprint density at radius 1 is 1.03 bits per heavy atom. The van der Waals surface area contributed by atoms with Crippen LogP contribution in [0.1, 0.15) is 28.4 Å². The van der Waals surface area contributed by atoms with E-state index in [2.05, 4.69) is 10.5 Å². The molecule has 32 heavy (non-hydrogen) atoms. The van der Waals surface area contributed by atoms with Crippen LogP contribution in [-0.2, 0) is 0 Å². The average Bonchev–Trinajstić information content (AvgIpc) is 3.25. The van der Waals surface area contributed by atoms with Gasteiger partial charge in [-0.25, -0.2) is 10.1 Å². The Hall–Kier alpha value is -4.19. The fraction of sp³-hybridized carbons (Fsp3) is 0.115. The molecule has 4 rings (SSSR count). The number of hydrogen-bond donors (Lipinski definition) is 1. The molecule has 0 aliphatic heterocycles. The van der Waals surface area contributed by atoms with Gasteiger partial charge in [0.05, 0.1) is 24.1 Å². The van der Waals surface area contributed by atoms with Crippen LogP contribution in [0.2, 0.25) is 0 Å². The molecular formula is C26H24N4O2. The van der Waals surface area contributed by atoms with Crippen molar-refractivity contribution in [1.82, 2.24) is 15.2 Å². The molecule has 160 valence electrons. The van der Waals surface area contributed by atoms with Crippen LogP contribution >= 0.6 is 0 Å². The zero-order chi connectivity index (χ0) is 22.3. The summed E-state index contributed by atoms with van der Waals surface area (Å²) in [4.78, 5) is 12.6. The van der Waals surface area contributed by atoms with Crippen molar-refractivity contribution in [3.05, 3.63) is 102 Å². The van der Waals surface area contributed by atoms with E-state index in [1.54, 1.807) is 24.4 Å². The van der Waals surface area contributed by atoms with E-state index < -0.39 is 0 Å². The van der Waals surface area contributed by atoms with Crippen LogP contribution in [0, 0.1) is 6.92 Å². The van der Waals surface area contributed by atoms with E-state index in [1.807, 2.05) is 85.4 Å². The summed E-state index contributed by atoms with van der Waals surface area (Å²) >= 11 is 0. The van der Waals surface area contributed by atoms with Crippen LogP contribution in [0.5, 0.6) is 5.75 Å². The summed E-state index contributed by atoms with van der Waals surface area (Å²) in [6, 6.07) is 25.1. The lowest BCUT2D eigenvalue weighted by atomic mass is 10.1. The van der Waals surface area contributed by atoms with Crippen LogP contribution in [0.15, 0.2) is 90.2 Å². The minimum absolute atomic E-state index is 0.336. The maximum atomic E-state index is 12.6. The number of rotatable bonds is 7. The number of nitrogens with zero attached hydrogens (tertiary/aromatic N) is 3. The molecule has 0 saturated heterocycles. The van der Waals surface area contributed by atoms with Crippen LogP contribution in [0.4, 0.5) is 0 Å². The molecule has 0 aliphatic carbocycles. The maximum Gasteiger partial charge on any atom is 0.275 e. The molecule has 0 atom stereocenters. The SMILES string of the molecule is CCOc1ccccc1C(=O)NN=Cc1cn(-c2ccccc2)nc1-c1ccc(C)cc1. The van der Waals surface area contributed by atoms with E-state index in [0.29, 0.717) is 17.9 Å². The van der Waals surface area contributed by atoms with E-state index >= 15 is 0 Å². The summed E-state index contributed by atoms with van der Waals surface area (Å²) < 4.78 is 7.34. The van der Waals surface area contributed by atoms with E-state index in [1.165, 1.54) is 5.56 Å². The molecule has 6 heteroatoms. The van der Waals surface area contributed by atoms with Gasteiger partial charge >= 0.3 is 0 Å². The molecule has 0 fully saturated rings. The minimum atomic E-state index is -0.336. The van der Waals surface area contributed by atoms with Crippen molar-refractivity contribution >= 4 is 12.1 Å². The van der Waals surface area contributed by atoms with E-state index in [9.17, 15) is 4.79 Å². The first-order valence-electron chi connectivity index (χ1n) is 10.4. The normalized spacial score (nSPS) is 10.9. The molecule has 0 saturated carbocycles. The number of carbonyl (C=O) groups is 1. The molecule has 3 aromatic carbocycles. The van der Waals surface area contributed by atoms with Crippen molar-refractivity contribution in [1.29, 1.82) is 0 Å². The molecule has 0 aliphatic rings. The van der Waals surface area contributed by atoms with Gasteiger partial charge in [-0.3, -0.25) is 4.79 Å². The second kappa shape index (κ2) is 9.75.